The Morgan fingerprint density at radius 2 is 2.12 bits per heavy atom. The van der Waals surface area contributed by atoms with E-state index in [1.54, 1.807) is 10.7 Å². The fraction of sp³-hybridized carbons (Fsp3) is 0.182. The van der Waals surface area contributed by atoms with Crippen LogP contribution in [-0.2, 0) is 7.05 Å². The first-order chi connectivity index (χ1) is 7.97. The van der Waals surface area contributed by atoms with E-state index in [-0.39, 0.29) is 5.82 Å². The van der Waals surface area contributed by atoms with Gasteiger partial charge in [-0.1, -0.05) is 0 Å². The van der Waals surface area contributed by atoms with E-state index >= 15 is 0 Å². The standard InChI is InChI=1S/C11H12BrFN4/c1-6-3-11(16-17(6)2)15-10-4-7(12)8(13)5-9(10)14/h3-5H,14H2,1-2H3,(H,15,16). The Bertz CT molecular complexity index is 545. The highest BCUT2D eigenvalue weighted by Gasteiger charge is 2.08. The lowest BCUT2D eigenvalue weighted by Gasteiger charge is -2.07. The summed E-state index contributed by atoms with van der Waals surface area (Å²) in [5.41, 5.74) is 7.71. The lowest BCUT2D eigenvalue weighted by Crippen LogP contribution is -1.99. The summed E-state index contributed by atoms with van der Waals surface area (Å²) >= 11 is 3.12. The van der Waals surface area contributed by atoms with Gasteiger partial charge >= 0.3 is 0 Å². The van der Waals surface area contributed by atoms with E-state index in [1.165, 1.54) is 6.07 Å². The minimum absolute atomic E-state index is 0.342. The van der Waals surface area contributed by atoms with Gasteiger partial charge in [0.25, 0.3) is 0 Å². The molecule has 0 saturated carbocycles. The predicted octanol–water partition coefficient (Wildman–Crippen LogP) is 2.96. The van der Waals surface area contributed by atoms with Crippen molar-refractivity contribution in [3.05, 3.63) is 34.2 Å². The van der Waals surface area contributed by atoms with Crippen molar-refractivity contribution >= 4 is 33.1 Å². The van der Waals surface area contributed by atoms with Crippen molar-refractivity contribution in [1.82, 2.24) is 9.78 Å². The summed E-state index contributed by atoms with van der Waals surface area (Å²) in [6.07, 6.45) is 0. The number of halogens is 2. The Labute approximate surface area is 107 Å². The van der Waals surface area contributed by atoms with Crippen LogP contribution in [0.3, 0.4) is 0 Å². The molecule has 6 heteroatoms. The highest BCUT2D eigenvalue weighted by molar-refractivity contribution is 9.10. The van der Waals surface area contributed by atoms with E-state index < -0.39 is 0 Å². The maximum atomic E-state index is 13.2. The Balaban J connectivity index is 2.33. The van der Waals surface area contributed by atoms with E-state index in [0.29, 0.717) is 21.7 Å². The van der Waals surface area contributed by atoms with E-state index in [0.717, 1.165) is 5.69 Å². The Hall–Kier alpha value is -1.56. The van der Waals surface area contributed by atoms with Gasteiger partial charge in [0.1, 0.15) is 5.82 Å². The van der Waals surface area contributed by atoms with Crippen molar-refractivity contribution in [2.24, 2.45) is 7.05 Å². The van der Waals surface area contributed by atoms with Crippen LogP contribution in [0.1, 0.15) is 5.69 Å². The Morgan fingerprint density at radius 3 is 2.71 bits per heavy atom. The molecule has 4 nitrogen and oxygen atoms in total. The van der Waals surface area contributed by atoms with Crippen LogP contribution in [0, 0.1) is 12.7 Å². The van der Waals surface area contributed by atoms with Crippen LogP contribution in [0.4, 0.5) is 21.6 Å². The molecule has 2 aromatic rings. The number of nitrogens with one attached hydrogen (secondary N) is 1. The molecule has 1 heterocycles. The van der Waals surface area contributed by atoms with E-state index in [2.05, 4.69) is 26.3 Å². The largest absolute Gasteiger partial charge is 0.397 e. The van der Waals surface area contributed by atoms with Crippen molar-refractivity contribution < 1.29 is 4.39 Å². The lowest BCUT2D eigenvalue weighted by atomic mass is 10.2. The van der Waals surface area contributed by atoms with Gasteiger partial charge in [-0.05, 0) is 28.9 Å². The van der Waals surface area contributed by atoms with Crippen LogP contribution in [0.25, 0.3) is 0 Å². The molecule has 90 valence electrons. The molecular formula is C11H12BrFN4. The van der Waals surface area contributed by atoms with Gasteiger partial charge in [0.15, 0.2) is 5.82 Å². The first-order valence-electron chi connectivity index (χ1n) is 4.99. The summed E-state index contributed by atoms with van der Waals surface area (Å²) in [5.74, 6) is 0.292. The third-order valence-corrected chi connectivity index (χ3v) is 3.08. The van der Waals surface area contributed by atoms with Crippen LogP contribution in [0.15, 0.2) is 22.7 Å². The molecule has 0 aliphatic rings. The number of benzene rings is 1. The van der Waals surface area contributed by atoms with E-state index in [1.807, 2.05) is 20.0 Å². The fourth-order valence-electron chi connectivity index (χ4n) is 1.43. The molecule has 0 saturated heterocycles. The van der Waals surface area contributed by atoms with Crippen molar-refractivity contribution in [3.63, 3.8) is 0 Å². The second-order valence-electron chi connectivity index (χ2n) is 3.77. The highest BCUT2D eigenvalue weighted by atomic mass is 79.9. The fourth-order valence-corrected chi connectivity index (χ4v) is 1.77. The third kappa shape index (κ3) is 2.41. The second-order valence-corrected chi connectivity index (χ2v) is 4.63. The quantitative estimate of drug-likeness (QED) is 0.838. The molecule has 0 aliphatic carbocycles. The summed E-state index contributed by atoms with van der Waals surface area (Å²) in [7, 11) is 1.85. The number of nitrogens with two attached hydrogens (primary N) is 1. The smallest absolute Gasteiger partial charge is 0.152 e. The average Bonchev–Trinajstić information content (AvgIpc) is 2.55. The van der Waals surface area contributed by atoms with Crippen LogP contribution in [0.5, 0.6) is 0 Å². The number of hydrogen-bond acceptors (Lipinski definition) is 3. The van der Waals surface area contributed by atoms with Gasteiger partial charge in [0.2, 0.25) is 0 Å². The van der Waals surface area contributed by atoms with Gasteiger partial charge in [0.05, 0.1) is 15.8 Å². The minimum atomic E-state index is -0.384. The van der Waals surface area contributed by atoms with Crippen LogP contribution in [-0.4, -0.2) is 9.78 Å². The molecule has 2 rings (SSSR count). The molecule has 0 spiro atoms. The number of rotatable bonds is 2. The number of hydrogen-bond donors (Lipinski definition) is 2. The maximum Gasteiger partial charge on any atom is 0.152 e. The van der Waals surface area contributed by atoms with Crippen LogP contribution >= 0.6 is 15.9 Å². The van der Waals surface area contributed by atoms with Crippen molar-refractivity contribution in [2.45, 2.75) is 6.92 Å². The lowest BCUT2D eigenvalue weighted by molar-refractivity contribution is 0.622. The van der Waals surface area contributed by atoms with Gasteiger partial charge in [-0.2, -0.15) is 5.10 Å². The van der Waals surface area contributed by atoms with E-state index in [4.69, 9.17) is 5.73 Å². The predicted molar refractivity (Wildman–Crippen MR) is 69.7 cm³/mol. The number of aryl methyl sites for hydroxylation is 2. The Morgan fingerprint density at radius 1 is 1.41 bits per heavy atom. The van der Waals surface area contributed by atoms with Crippen LogP contribution in [0.2, 0.25) is 0 Å². The van der Waals surface area contributed by atoms with E-state index in [9.17, 15) is 4.39 Å². The monoisotopic (exact) mass is 298 g/mol. The molecule has 1 aromatic carbocycles. The zero-order valence-electron chi connectivity index (χ0n) is 9.46. The van der Waals surface area contributed by atoms with Gasteiger partial charge in [-0.3, -0.25) is 4.68 Å². The number of nitrogen functional groups attached to an aromatic ring is 1. The summed E-state index contributed by atoms with van der Waals surface area (Å²) in [6, 6.07) is 4.74. The maximum absolute atomic E-state index is 13.2. The van der Waals surface area contributed by atoms with Gasteiger partial charge < -0.3 is 11.1 Å². The molecule has 0 aliphatic heterocycles. The number of anilines is 3. The number of nitrogens with zero attached hydrogens (tertiary/aromatic N) is 2. The molecule has 1 aromatic heterocycles. The zero-order valence-corrected chi connectivity index (χ0v) is 11.0. The van der Waals surface area contributed by atoms with Gasteiger partial charge in [-0.25, -0.2) is 4.39 Å². The first-order valence-corrected chi connectivity index (χ1v) is 5.79. The highest BCUT2D eigenvalue weighted by Crippen LogP contribution is 2.28. The first kappa shape index (κ1) is 11.9. The molecule has 0 bridgehead atoms. The third-order valence-electron chi connectivity index (χ3n) is 2.47. The average molecular weight is 299 g/mol. The summed E-state index contributed by atoms with van der Waals surface area (Å²) in [6.45, 7) is 1.95. The van der Waals surface area contributed by atoms with Gasteiger partial charge in [-0.15, -0.1) is 0 Å². The summed E-state index contributed by atoms with van der Waals surface area (Å²) in [5, 5.41) is 7.29. The Kier molecular flexibility index (Phi) is 3.06. The zero-order chi connectivity index (χ0) is 12.6. The normalized spacial score (nSPS) is 10.6. The molecular weight excluding hydrogens is 287 g/mol. The second kappa shape index (κ2) is 4.37. The van der Waals surface area contributed by atoms with Crippen molar-refractivity contribution in [2.75, 3.05) is 11.1 Å². The SMILES string of the molecule is Cc1cc(Nc2cc(Br)c(F)cc2N)nn1C. The minimum Gasteiger partial charge on any atom is -0.397 e. The summed E-state index contributed by atoms with van der Waals surface area (Å²) < 4.78 is 15.3. The molecule has 0 unspecified atom stereocenters. The molecule has 0 radical (unpaired) electrons. The topological polar surface area (TPSA) is 55.9 Å². The van der Waals surface area contributed by atoms with Crippen molar-refractivity contribution in [1.29, 1.82) is 0 Å². The molecule has 0 amide bonds. The van der Waals surface area contributed by atoms with Gasteiger partial charge in [0, 0.05) is 24.9 Å². The van der Waals surface area contributed by atoms with Crippen LogP contribution < -0.4 is 11.1 Å². The van der Waals surface area contributed by atoms with Crippen molar-refractivity contribution in [3.8, 4) is 0 Å². The molecule has 0 atom stereocenters. The molecule has 3 N–H and O–H groups in total. The number of aromatic nitrogens is 2. The molecule has 17 heavy (non-hydrogen) atoms. The molecule has 0 fully saturated rings. The summed E-state index contributed by atoms with van der Waals surface area (Å²) in [4.78, 5) is 0.